The van der Waals surface area contributed by atoms with Crippen LogP contribution in [0, 0.1) is 13.8 Å². The van der Waals surface area contributed by atoms with Gasteiger partial charge < -0.3 is 14.5 Å². The van der Waals surface area contributed by atoms with Crippen LogP contribution in [0.2, 0.25) is 5.02 Å². The van der Waals surface area contributed by atoms with E-state index in [-0.39, 0.29) is 0 Å². The molecule has 2 aromatic rings. The Balaban J connectivity index is 2.07. The van der Waals surface area contributed by atoms with E-state index in [1.165, 1.54) is 0 Å². The number of aryl methyl sites for hydroxylation is 2. The quantitative estimate of drug-likeness (QED) is 0.903. The normalized spacial score (nSPS) is 10.7. The Kier molecular flexibility index (Phi) is 4.51. The Hall–Kier alpha value is -1.45. The molecule has 0 aliphatic rings. The van der Waals surface area contributed by atoms with Gasteiger partial charge in [0.15, 0.2) is 0 Å². The Morgan fingerprint density at radius 1 is 1.26 bits per heavy atom. The number of ether oxygens (including phenoxy) is 1. The minimum Gasteiger partial charge on any atom is -0.487 e. The highest BCUT2D eigenvalue weighted by Gasteiger charge is 2.09. The molecule has 1 heterocycles. The van der Waals surface area contributed by atoms with Crippen LogP contribution in [0.1, 0.15) is 22.6 Å². The number of hydrogen-bond acceptors (Lipinski definition) is 3. The SMILES string of the molecule is CNCc1cc(COc2cc(C)ccc2Cl)c(C)o1. The summed E-state index contributed by atoms with van der Waals surface area (Å²) in [4.78, 5) is 0. The van der Waals surface area contributed by atoms with E-state index < -0.39 is 0 Å². The summed E-state index contributed by atoms with van der Waals surface area (Å²) in [6.07, 6.45) is 0. The molecule has 1 aromatic heterocycles. The lowest BCUT2D eigenvalue weighted by molar-refractivity contribution is 0.303. The van der Waals surface area contributed by atoms with E-state index in [0.717, 1.165) is 22.6 Å². The minimum atomic E-state index is 0.461. The number of hydrogen-bond donors (Lipinski definition) is 1. The van der Waals surface area contributed by atoms with Crippen LogP contribution in [0.5, 0.6) is 5.75 Å². The average molecular weight is 280 g/mol. The van der Waals surface area contributed by atoms with Crippen molar-refractivity contribution in [2.45, 2.75) is 27.0 Å². The molecule has 19 heavy (non-hydrogen) atoms. The van der Waals surface area contributed by atoms with Crippen molar-refractivity contribution in [3.63, 3.8) is 0 Å². The molecule has 0 saturated carbocycles. The van der Waals surface area contributed by atoms with Crippen LogP contribution in [-0.4, -0.2) is 7.05 Å². The van der Waals surface area contributed by atoms with Gasteiger partial charge in [0.05, 0.1) is 11.6 Å². The summed E-state index contributed by atoms with van der Waals surface area (Å²) in [5, 5.41) is 3.69. The zero-order valence-electron chi connectivity index (χ0n) is 11.4. The Labute approximate surface area is 118 Å². The van der Waals surface area contributed by atoms with E-state index in [4.69, 9.17) is 20.8 Å². The molecule has 0 unspecified atom stereocenters. The lowest BCUT2D eigenvalue weighted by atomic mass is 10.2. The van der Waals surface area contributed by atoms with Gasteiger partial charge in [0, 0.05) is 5.56 Å². The van der Waals surface area contributed by atoms with Crippen LogP contribution < -0.4 is 10.1 Å². The van der Waals surface area contributed by atoms with E-state index in [1.807, 2.05) is 45.2 Å². The van der Waals surface area contributed by atoms with Gasteiger partial charge in [-0.1, -0.05) is 17.7 Å². The predicted molar refractivity (Wildman–Crippen MR) is 76.7 cm³/mol. The first-order valence-corrected chi connectivity index (χ1v) is 6.59. The van der Waals surface area contributed by atoms with Crippen molar-refractivity contribution >= 4 is 11.6 Å². The second-order valence-corrected chi connectivity index (χ2v) is 4.95. The topological polar surface area (TPSA) is 34.4 Å². The maximum Gasteiger partial charge on any atom is 0.138 e. The molecule has 0 radical (unpaired) electrons. The smallest absolute Gasteiger partial charge is 0.138 e. The molecule has 0 saturated heterocycles. The molecule has 3 nitrogen and oxygen atoms in total. The molecule has 4 heteroatoms. The van der Waals surface area contributed by atoms with Gasteiger partial charge in [-0.3, -0.25) is 0 Å². The van der Waals surface area contributed by atoms with Crippen LogP contribution >= 0.6 is 11.6 Å². The Morgan fingerprint density at radius 3 is 2.79 bits per heavy atom. The zero-order chi connectivity index (χ0) is 13.8. The number of nitrogens with one attached hydrogen (secondary N) is 1. The van der Waals surface area contributed by atoms with Gasteiger partial charge >= 0.3 is 0 Å². The summed E-state index contributed by atoms with van der Waals surface area (Å²) in [6, 6.07) is 7.76. The van der Waals surface area contributed by atoms with Crippen LogP contribution in [0.25, 0.3) is 0 Å². The molecule has 0 aliphatic carbocycles. The van der Waals surface area contributed by atoms with E-state index in [1.54, 1.807) is 0 Å². The molecular weight excluding hydrogens is 262 g/mol. The molecule has 1 aromatic carbocycles. The highest BCUT2D eigenvalue weighted by Crippen LogP contribution is 2.27. The van der Waals surface area contributed by atoms with Gasteiger partial charge in [-0.25, -0.2) is 0 Å². The third-order valence-electron chi connectivity index (χ3n) is 2.89. The summed E-state index contributed by atoms with van der Waals surface area (Å²) >= 11 is 6.10. The Morgan fingerprint density at radius 2 is 2.05 bits per heavy atom. The lowest BCUT2D eigenvalue weighted by Crippen LogP contribution is -2.03. The van der Waals surface area contributed by atoms with E-state index >= 15 is 0 Å². The fourth-order valence-electron chi connectivity index (χ4n) is 1.87. The van der Waals surface area contributed by atoms with Crippen LogP contribution in [0.3, 0.4) is 0 Å². The Bertz CT molecular complexity index is 563. The molecule has 0 atom stereocenters. The fourth-order valence-corrected chi connectivity index (χ4v) is 2.04. The first-order valence-electron chi connectivity index (χ1n) is 6.22. The molecule has 0 spiro atoms. The molecule has 0 bridgehead atoms. The first kappa shape index (κ1) is 14.0. The molecular formula is C15H18ClNO2. The second kappa shape index (κ2) is 6.13. The van der Waals surface area contributed by atoms with Gasteiger partial charge in [-0.15, -0.1) is 0 Å². The summed E-state index contributed by atoms with van der Waals surface area (Å²) in [6.45, 7) is 5.13. The summed E-state index contributed by atoms with van der Waals surface area (Å²) in [5.41, 5.74) is 2.17. The van der Waals surface area contributed by atoms with Crippen molar-refractivity contribution < 1.29 is 9.15 Å². The average Bonchev–Trinajstić information content (AvgIpc) is 2.71. The van der Waals surface area contributed by atoms with Gasteiger partial charge in [0.2, 0.25) is 0 Å². The van der Waals surface area contributed by atoms with Crippen LogP contribution in [-0.2, 0) is 13.2 Å². The molecule has 0 aliphatic heterocycles. The third-order valence-corrected chi connectivity index (χ3v) is 3.20. The highest BCUT2D eigenvalue weighted by molar-refractivity contribution is 6.32. The van der Waals surface area contributed by atoms with Crippen molar-refractivity contribution in [1.82, 2.24) is 5.32 Å². The van der Waals surface area contributed by atoms with Gasteiger partial charge in [0.25, 0.3) is 0 Å². The van der Waals surface area contributed by atoms with E-state index in [0.29, 0.717) is 23.9 Å². The van der Waals surface area contributed by atoms with Crippen molar-refractivity contribution in [3.8, 4) is 5.75 Å². The monoisotopic (exact) mass is 279 g/mol. The molecule has 0 fully saturated rings. The van der Waals surface area contributed by atoms with Crippen molar-refractivity contribution in [3.05, 3.63) is 51.9 Å². The maximum absolute atomic E-state index is 6.10. The van der Waals surface area contributed by atoms with Crippen LogP contribution in [0.15, 0.2) is 28.7 Å². The lowest BCUT2D eigenvalue weighted by Gasteiger charge is -2.08. The standard InChI is InChI=1S/C15H18ClNO2/c1-10-4-5-14(16)15(6-10)18-9-12-7-13(8-17-3)19-11(12)2/h4-7,17H,8-9H2,1-3H3. The fraction of sp³-hybridized carbons (Fsp3) is 0.333. The molecule has 1 N–H and O–H groups in total. The molecule has 2 rings (SSSR count). The summed E-state index contributed by atoms with van der Waals surface area (Å²) in [5.74, 6) is 2.50. The number of furan rings is 1. The number of rotatable bonds is 5. The minimum absolute atomic E-state index is 0.461. The molecule has 0 amide bonds. The summed E-state index contributed by atoms with van der Waals surface area (Å²) < 4.78 is 11.4. The van der Waals surface area contributed by atoms with Crippen LogP contribution in [0.4, 0.5) is 0 Å². The van der Waals surface area contributed by atoms with Gasteiger partial charge in [0.1, 0.15) is 23.9 Å². The second-order valence-electron chi connectivity index (χ2n) is 4.55. The first-order chi connectivity index (χ1) is 9.10. The summed E-state index contributed by atoms with van der Waals surface area (Å²) in [7, 11) is 1.89. The van der Waals surface area contributed by atoms with Gasteiger partial charge in [-0.05, 0) is 44.7 Å². The third kappa shape index (κ3) is 3.52. The van der Waals surface area contributed by atoms with Gasteiger partial charge in [-0.2, -0.15) is 0 Å². The van der Waals surface area contributed by atoms with Crippen molar-refractivity contribution in [1.29, 1.82) is 0 Å². The highest BCUT2D eigenvalue weighted by atomic mass is 35.5. The van der Waals surface area contributed by atoms with Crippen molar-refractivity contribution in [2.75, 3.05) is 7.05 Å². The largest absolute Gasteiger partial charge is 0.487 e. The number of halogens is 1. The molecule has 102 valence electrons. The van der Waals surface area contributed by atoms with E-state index in [2.05, 4.69) is 5.32 Å². The van der Waals surface area contributed by atoms with Crippen molar-refractivity contribution in [2.24, 2.45) is 0 Å². The number of benzene rings is 1. The maximum atomic E-state index is 6.10. The predicted octanol–water partition coefficient (Wildman–Crippen LogP) is 3.85. The van der Waals surface area contributed by atoms with E-state index in [9.17, 15) is 0 Å². The zero-order valence-corrected chi connectivity index (χ0v) is 12.2.